The van der Waals surface area contributed by atoms with Crippen molar-refractivity contribution in [3.63, 3.8) is 0 Å². The maximum absolute atomic E-state index is 13.3. The van der Waals surface area contributed by atoms with Gasteiger partial charge in [-0.3, -0.25) is 19.3 Å². The third kappa shape index (κ3) is 4.82. The fourth-order valence-corrected chi connectivity index (χ4v) is 4.92. The van der Waals surface area contributed by atoms with E-state index in [2.05, 4.69) is 22.6 Å². The number of nitrogens with zero attached hydrogens (tertiary/aromatic N) is 2. The van der Waals surface area contributed by atoms with E-state index in [-0.39, 0.29) is 29.5 Å². The van der Waals surface area contributed by atoms with E-state index in [9.17, 15) is 14.4 Å². The zero-order chi connectivity index (χ0) is 23.1. The molecule has 8 heteroatoms. The van der Waals surface area contributed by atoms with Crippen LogP contribution in [0.5, 0.6) is 0 Å². The first-order valence-corrected chi connectivity index (χ1v) is 11.5. The van der Waals surface area contributed by atoms with E-state index < -0.39 is 11.0 Å². The molecule has 31 heavy (non-hydrogen) atoms. The number of pyridine rings is 1. The standard InChI is InChI=1S/C23H26ClIN2O4/c1-22(2,3)31-18(28)9-7-11-26-10-6-8-17(20(26)29)27-19-15(23(4,5)21(27)30)12-14(24)13-16(19)25/h6,8,10,12-13H,7,9,11H2,1-5H3. The van der Waals surface area contributed by atoms with Crippen LogP contribution in [0.4, 0.5) is 11.4 Å². The molecule has 0 N–H and O–H groups in total. The molecule has 1 aliphatic heterocycles. The summed E-state index contributed by atoms with van der Waals surface area (Å²) in [5.41, 5.74) is 0.165. The van der Waals surface area contributed by atoms with Gasteiger partial charge in [-0.25, -0.2) is 0 Å². The summed E-state index contributed by atoms with van der Waals surface area (Å²) in [5, 5.41) is 0.554. The Morgan fingerprint density at radius 1 is 1.23 bits per heavy atom. The van der Waals surface area contributed by atoms with Gasteiger partial charge < -0.3 is 9.30 Å². The molecule has 0 atom stereocenters. The Balaban J connectivity index is 1.90. The van der Waals surface area contributed by atoms with Crippen LogP contribution in [0.15, 0.2) is 35.3 Å². The van der Waals surface area contributed by atoms with Crippen molar-refractivity contribution in [2.45, 2.75) is 65.0 Å². The van der Waals surface area contributed by atoms with E-state index in [0.717, 1.165) is 9.13 Å². The first-order chi connectivity index (χ1) is 14.3. The molecule has 2 heterocycles. The van der Waals surface area contributed by atoms with Crippen molar-refractivity contribution < 1.29 is 14.3 Å². The third-order valence-corrected chi connectivity index (χ3v) is 6.14. The summed E-state index contributed by atoms with van der Waals surface area (Å²) in [7, 11) is 0. The number of aryl methyl sites for hydroxylation is 1. The normalized spacial score (nSPS) is 15.2. The number of aromatic nitrogens is 1. The zero-order valence-corrected chi connectivity index (χ0v) is 21.2. The molecule has 1 aliphatic rings. The molecule has 3 rings (SSSR count). The molecule has 1 aromatic carbocycles. The Morgan fingerprint density at radius 2 is 1.90 bits per heavy atom. The summed E-state index contributed by atoms with van der Waals surface area (Å²) in [4.78, 5) is 40.0. The Labute approximate surface area is 200 Å². The number of esters is 1. The lowest BCUT2D eigenvalue weighted by Gasteiger charge is -2.21. The number of hydrogen-bond acceptors (Lipinski definition) is 4. The number of hydrogen-bond donors (Lipinski definition) is 0. The monoisotopic (exact) mass is 556 g/mol. The SMILES string of the molecule is CC(C)(C)OC(=O)CCCn1cccc(N2C(=O)C(C)(C)c3cc(Cl)cc(I)c32)c1=O. The van der Waals surface area contributed by atoms with Gasteiger partial charge in [0.05, 0.1) is 11.1 Å². The fourth-order valence-electron chi connectivity index (χ4n) is 3.65. The summed E-state index contributed by atoms with van der Waals surface area (Å²) in [6.07, 6.45) is 2.34. The molecule has 0 spiro atoms. The van der Waals surface area contributed by atoms with Crippen LogP contribution in [0.2, 0.25) is 5.02 Å². The van der Waals surface area contributed by atoms with Crippen LogP contribution in [-0.2, 0) is 26.3 Å². The molecule has 1 aromatic heterocycles. The van der Waals surface area contributed by atoms with Crippen molar-refractivity contribution in [1.82, 2.24) is 4.57 Å². The smallest absolute Gasteiger partial charge is 0.306 e. The van der Waals surface area contributed by atoms with Crippen molar-refractivity contribution in [2.75, 3.05) is 4.90 Å². The summed E-state index contributed by atoms with van der Waals surface area (Å²) in [6.45, 7) is 9.48. The topological polar surface area (TPSA) is 68.6 Å². The molecule has 166 valence electrons. The van der Waals surface area contributed by atoms with Crippen molar-refractivity contribution in [2.24, 2.45) is 0 Å². The largest absolute Gasteiger partial charge is 0.460 e. The van der Waals surface area contributed by atoms with Gasteiger partial charge >= 0.3 is 5.97 Å². The van der Waals surface area contributed by atoms with Crippen molar-refractivity contribution >= 4 is 57.4 Å². The average molecular weight is 557 g/mol. The maximum Gasteiger partial charge on any atom is 0.306 e. The predicted molar refractivity (Wildman–Crippen MR) is 130 cm³/mol. The summed E-state index contributed by atoms with van der Waals surface area (Å²) in [5.74, 6) is -0.472. The number of amides is 1. The van der Waals surface area contributed by atoms with E-state index in [1.165, 1.54) is 9.47 Å². The molecule has 0 fully saturated rings. The van der Waals surface area contributed by atoms with E-state index in [1.807, 2.05) is 34.6 Å². The second-order valence-corrected chi connectivity index (χ2v) is 10.7. The van der Waals surface area contributed by atoms with Crippen molar-refractivity contribution in [3.8, 4) is 0 Å². The second kappa shape index (κ2) is 8.58. The van der Waals surface area contributed by atoms with E-state index in [1.54, 1.807) is 30.5 Å². The Bertz CT molecular complexity index is 1100. The van der Waals surface area contributed by atoms with Crippen LogP contribution in [0.25, 0.3) is 0 Å². The fraction of sp³-hybridized carbons (Fsp3) is 0.435. The minimum Gasteiger partial charge on any atom is -0.460 e. The number of halogens is 2. The minimum absolute atomic E-state index is 0.175. The summed E-state index contributed by atoms with van der Waals surface area (Å²) in [6, 6.07) is 6.97. The number of carbonyl (C=O) groups excluding carboxylic acids is 2. The van der Waals surface area contributed by atoms with Crippen molar-refractivity contribution in [3.05, 3.63) is 55.0 Å². The number of fused-ring (bicyclic) bond motifs is 1. The zero-order valence-electron chi connectivity index (χ0n) is 18.3. The number of rotatable bonds is 5. The molecule has 2 aromatic rings. The average Bonchev–Trinajstić information content (AvgIpc) is 2.82. The van der Waals surface area contributed by atoms with Gasteiger partial charge in [0.2, 0.25) is 5.91 Å². The van der Waals surface area contributed by atoms with Crippen LogP contribution in [0.3, 0.4) is 0 Å². The van der Waals surface area contributed by atoms with Crippen LogP contribution >= 0.6 is 34.2 Å². The minimum atomic E-state index is -0.802. The van der Waals surface area contributed by atoms with Gasteiger partial charge in [0.1, 0.15) is 11.3 Å². The lowest BCUT2D eigenvalue weighted by molar-refractivity contribution is -0.155. The van der Waals surface area contributed by atoms with Gasteiger partial charge in [0.15, 0.2) is 0 Å². The van der Waals surface area contributed by atoms with Gasteiger partial charge in [-0.05, 0) is 93.5 Å². The molecule has 0 bridgehead atoms. The molecule has 6 nitrogen and oxygen atoms in total. The van der Waals surface area contributed by atoms with Gasteiger partial charge in [-0.2, -0.15) is 0 Å². The summed E-state index contributed by atoms with van der Waals surface area (Å²) >= 11 is 8.38. The molecule has 0 radical (unpaired) electrons. The number of anilines is 2. The Morgan fingerprint density at radius 3 is 2.55 bits per heavy atom. The summed E-state index contributed by atoms with van der Waals surface area (Å²) < 4.78 is 7.65. The third-order valence-electron chi connectivity index (χ3n) is 5.10. The number of carbonyl (C=O) groups is 2. The Hall–Kier alpha value is -1.87. The highest BCUT2D eigenvalue weighted by atomic mass is 127. The quantitative estimate of drug-likeness (QED) is 0.376. The highest BCUT2D eigenvalue weighted by molar-refractivity contribution is 14.1. The van der Waals surface area contributed by atoms with Gasteiger partial charge in [0.25, 0.3) is 5.56 Å². The predicted octanol–water partition coefficient (Wildman–Crippen LogP) is 5.18. The van der Waals surface area contributed by atoms with Gasteiger partial charge in [-0.1, -0.05) is 11.6 Å². The second-order valence-electron chi connectivity index (χ2n) is 9.13. The number of ether oxygens (including phenoxy) is 1. The van der Waals surface area contributed by atoms with E-state index in [0.29, 0.717) is 23.7 Å². The molecular weight excluding hydrogens is 531 g/mol. The van der Waals surface area contributed by atoms with Gasteiger partial charge in [0, 0.05) is 27.8 Å². The lowest BCUT2D eigenvalue weighted by atomic mass is 9.86. The highest BCUT2D eigenvalue weighted by Gasteiger charge is 2.46. The Kier molecular flexibility index (Phi) is 6.58. The molecule has 0 saturated heterocycles. The molecule has 0 saturated carbocycles. The van der Waals surface area contributed by atoms with Crippen LogP contribution in [0, 0.1) is 3.57 Å². The van der Waals surface area contributed by atoms with E-state index >= 15 is 0 Å². The van der Waals surface area contributed by atoms with E-state index in [4.69, 9.17) is 16.3 Å². The molecular formula is C23H26ClIN2O4. The van der Waals surface area contributed by atoms with Crippen molar-refractivity contribution in [1.29, 1.82) is 0 Å². The van der Waals surface area contributed by atoms with Crippen LogP contribution in [-0.4, -0.2) is 22.0 Å². The lowest BCUT2D eigenvalue weighted by Crippen LogP contribution is -2.37. The first-order valence-electron chi connectivity index (χ1n) is 10.1. The maximum atomic E-state index is 13.3. The molecule has 1 amide bonds. The van der Waals surface area contributed by atoms with Crippen LogP contribution < -0.4 is 10.5 Å². The number of benzene rings is 1. The highest BCUT2D eigenvalue weighted by Crippen LogP contribution is 2.47. The first kappa shape index (κ1) is 23.8. The molecule has 0 aliphatic carbocycles. The molecule has 0 unspecified atom stereocenters. The van der Waals surface area contributed by atoms with Crippen LogP contribution in [0.1, 0.15) is 53.0 Å². The van der Waals surface area contributed by atoms with Gasteiger partial charge in [-0.15, -0.1) is 0 Å².